The topological polar surface area (TPSA) is 62.7 Å². The third-order valence-corrected chi connectivity index (χ3v) is 5.14. The second-order valence-corrected chi connectivity index (χ2v) is 8.01. The zero-order valence-electron chi connectivity index (χ0n) is 18.3. The van der Waals surface area contributed by atoms with Crippen molar-refractivity contribution in [1.29, 1.82) is 0 Å². The van der Waals surface area contributed by atoms with Crippen molar-refractivity contribution in [2.24, 2.45) is 0 Å². The molecule has 1 heterocycles. The van der Waals surface area contributed by atoms with Gasteiger partial charge in [0, 0.05) is 42.2 Å². The normalized spacial score (nSPS) is 11.5. The van der Waals surface area contributed by atoms with Gasteiger partial charge in [-0.05, 0) is 49.7 Å². The third kappa shape index (κ3) is 5.48. The Morgan fingerprint density at radius 1 is 1.12 bits per heavy atom. The molecule has 0 aliphatic heterocycles. The fourth-order valence-corrected chi connectivity index (χ4v) is 3.41. The van der Waals surface area contributed by atoms with Gasteiger partial charge in [-0.1, -0.05) is 24.3 Å². The van der Waals surface area contributed by atoms with E-state index >= 15 is 0 Å². The highest BCUT2D eigenvalue weighted by atomic mass is 19.3. The van der Waals surface area contributed by atoms with Gasteiger partial charge in [-0.3, -0.25) is 9.78 Å². The summed E-state index contributed by atoms with van der Waals surface area (Å²) in [4.78, 5) is 18.2. The lowest BCUT2D eigenvalue weighted by atomic mass is 9.98. The first kappa shape index (κ1) is 23.3. The van der Waals surface area contributed by atoms with Crippen molar-refractivity contribution in [3.05, 3.63) is 77.5 Å². The second-order valence-electron chi connectivity index (χ2n) is 8.01. The van der Waals surface area contributed by atoms with Crippen LogP contribution in [0.3, 0.4) is 0 Å². The van der Waals surface area contributed by atoms with Crippen LogP contribution >= 0.6 is 0 Å². The molecule has 0 atom stereocenters. The van der Waals surface area contributed by atoms with E-state index in [1.165, 1.54) is 6.20 Å². The SMILES string of the molecule is CN(Cc1c(C=O)ccnc1-c1ccccc1OCC(F)F)c1ccc(C(C)(C)O)cc1. The Labute approximate surface area is 186 Å². The van der Waals surface area contributed by atoms with Gasteiger partial charge in [0.05, 0.1) is 11.3 Å². The van der Waals surface area contributed by atoms with Crippen molar-refractivity contribution < 1.29 is 23.4 Å². The molecule has 0 bridgehead atoms. The molecular formula is C25H26F2N2O3. The summed E-state index contributed by atoms with van der Waals surface area (Å²) in [5.74, 6) is 0.279. The number of ether oxygens (including phenoxy) is 1. The Bertz CT molecular complexity index is 1060. The molecule has 1 aromatic heterocycles. The molecule has 1 N–H and O–H groups in total. The zero-order valence-corrected chi connectivity index (χ0v) is 18.3. The molecule has 0 aliphatic rings. The van der Waals surface area contributed by atoms with Crippen LogP contribution in [0.5, 0.6) is 5.75 Å². The summed E-state index contributed by atoms with van der Waals surface area (Å²) in [5.41, 5.74) is 2.88. The van der Waals surface area contributed by atoms with Gasteiger partial charge in [-0.25, -0.2) is 8.78 Å². The molecule has 7 heteroatoms. The van der Waals surface area contributed by atoms with Gasteiger partial charge in [0.2, 0.25) is 0 Å². The molecule has 5 nitrogen and oxygen atoms in total. The molecule has 0 radical (unpaired) electrons. The molecular weight excluding hydrogens is 414 g/mol. The van der Waals surface area contributed by atoms with Crippen molar-refractivity contribution in [2.45, 2.75) is 32.4 Å². The number of rotatable bonds is 9. The van der Waals surface area contributed by atoms with E-state index < -0.39 is 18.6 Å². The number of aldehydes is 1. The highest BCUT2D eigenvalue weighted by Crippen LogP contribution is 2.33. The number of carbonyl (C=O) groups is 1. The van der Waals surface area contributed by atoms with Gasteiger partial charge in [-0.2, -0.15) is 0 Å². The summed E-state index contributed by atoms with van der Waals surface area (Å²) in [7, 11) is 1.88. The number of hydrogen-bond acceptors (Lipinski definition) is 5. The molecule has 0 aliphatic carbocycles. The van der Waals surface area contributed by atoms with Crippen LogP contribution in [0.25, 0.3) is 11.3 Å². The van der Waals surface area contributed by atoms with Crippen molar-refractivity contribution in [3.8, 4) is 17.0 Å². The quantitative estimate of drug-likeness (QED) is 0.471. The van der Waals surface area contributed by atoms with E-state index in [1.807, 2.05) is 36.2 Å². The smallest absolute Gasteiger partial charge is 0.272 e. The minimum absolute atomic E-state index is 0.279. The molecule has 0 unspecified atom stereocenters. The van der Waals surface area contributed by atoms with Gasteiger partial charge in [0.1, 0.15) is 12.4 Å². The predicted octanol–water partition coefficient (Wildman–Crippen LogP) is 5.07. The van der Waals surface area contributed by atoms with Crippen LogP contribution in [0.15, 0.2) is 60.8 Å². The van der Waals surface area contributed by atoms with Crippen molar-refractivity contribution in [1.82, 2.24) is 4.98 Å². The molecule has 0 saturated carbocycles. The molecule has 0 spiro atoms. The first-order valence-electron chi connectivity index (χ1n) is 10.2. The van der Waals surface area contributed by atoms with Crippen LogP contribution in [0.1, 0.15) is 35.3 Å². The molecule has 3 rings (SSSR count). The van der Waals surface area contributed by atoms with Crippen LogP contribution in [0, 0.1) is 0 Å². The highest BCUT2D eigenvalue weighted by molar-refractivity contribution is 5.83. The van der Waals surface area contributed by atoms with Crippen LogP contribution < -0.4 is 9.64 Å². The predicted molar refractivity (Wildman–Crippen MR) is 120 cm³/mol. The van der Waals surface area contributed by atoms with Gasteiger partial charge in [0.25, 0.3) is 6.43 Å². The number of pyridine rings is 1. The van der Waals surface area contributed by atoms with Gasteiger partial charge in [0.15, 0.2) is 6.29 Å². The summed E-state index contributed by atoms with van der Waals surface area (Å²) in [6.07, 6.45) is -0.325. The van der Waals surface area contributed by atoms with Crippen LogP contribution in [-0.4, -0.2) is 36.5 Å². The fraction of sp³-hybridized carbons (Fsp3) is 0.280. The number of anilines is 1. The van der Waals surface area contributed by atoms with Crippen LogP contribution in [0.2, 0.25) is 0 Å². The Hall–Kier alpha value is -3.32. The number of carbonyl (C=O) groups excluding carboxylic acids is 1. The first-order chi connectivity index (χ1) is 15.2. The lowest BCUT2D eigenvalue weighted by Crippen LogP contribution is -2.20. The number of aliphatic hydroxyl groups is 1. The standard InChI is InChI=1S/C25H26F2N2O3/c1-25(2,31)18-8-10-19(11-9-18)29(3)14-21-17(15-30)12-13-28-24(21)20-6-4-5-7-22(20)32-16-23(26)27/h4-13,15,23,31H,14,16H2,1-3H3. The van der Waals surface area contributed by atoms with Crippen LogP contribution in [0.4, 0.5) is 14.5 Å². The zero-order chi connectivity index (χ0) is 23.3. The summed E-state index contributed by atoms with van der Waals surface area (Å²) in [5, 5.41) is 10.2. The Morgan fingerprint density at radius 2 is 1.81 bits per heavy atom. The van der Waals surface area contributed by atoms with Crippen molar-refractivity contribution in [2.75, 3.05) is 18.6 Å². The van der Waals surface area contributed by atoms with E-state index in [0.29, 0.717) is 28.9 Å². The van der Waals surface area contributed by atoms with E-state index in [4.69, 9.17) is 4.74 Å². The van der Waals surface area contributed by atoms with E-state index in [1.54, 1.807) is 44.2 Å². The Kier molecular flexibility index (Phi) is 7.20. The lowest BCUT2D eigenvalue weighted by Gasteiger charge is -2.24. The number of aromatic nitrogens is 1. The molecule has 0 amide bonds. The summed E-state index contributed by atoms with van der Waals surface area (Å²) >= 11 is 0. The molecule has 3 aromatic rings. The fourth-order valence-electron chi connectivity index (χ4n) is 3.41. The average molecular weight is 440 g/mol. The minimum Gasteiger partial charge on any atom is -0.487 e. The van der Waals surface area contributed by atoms with E-state index in [0.717, 1.165) is 17.5 Å². The Morgan fingerprint density at radius 3 is 2.44 bits per heavy atom. The highest BCUT2D eigenvalue weighted by Gasteiger charge is 2.19. The maximum atomic E-state index is 12.7. The molecule has 0 saturated heterocycles. The lowest BCUT2D eigenvalue weighted by molar-refractivity contribution is 0.0786. The number of benzene rings is 2. The third-order valence-electron chi connectivity index (χ3n) is 5.14. The van der Waals surface area contributed by atoms with Crippen molar-refractivity contribution >= 4 is 12.0 Å². The average Bonchev–Trinajstić information content (AvgIpc) is 2.77. The summed E-state index contributed by atoms with van der Waals surface area (Å²) in [6, 6.07) is 15.9. The van der Waals surface area contributed by atoms with E-state index in [2.05, 4.69) is 4.98 Å². The van der Waals surface area contributed by atoms with Gasteiger partial charge in [-0.15, -0.1) is 0 Å². The van der Waals surface area contributed by atoms with Gasteiger partial charge < -0.3 is 14.7 Å². The Balaban J connectivity index is 1.97. The molecule has 2 aromatic carbocycles. The minimum atomic E-state index is -2.60. The first-order valence-corrected chi connectivity index (χ1v) is 10.2. The molecule has 0 fully saturated rings. The molecule has 32 heavy (non-hydrogen) atoms. The monoisotopic (exact) mass is 440 g/mol. The number of alkyl halides is 2. The maximum Gasteiger partial charge on any atom is 0.272 e. The van der Waals surface area contributed by atoms with E-state index in [9.17, 15) is 18.7 Å². The number of halogens is 2. The number of para-hydroxylation sites is 1. The largest absolute Gasteiger partial charge is 0.487 e. The van der Waals surface area contributed by atoms with Crippen LogP contribution in [-0.2, 0) is 12.1 Å². The van der Waals surface area contributed by atoms with E-state index in [-0.39, 0.29) is 5.75 Å². The second kappa shape index (κ2) is 9.87. The summed E-state index contributed by atoms with van der Waals surface area (Å²) in [6.45, 7) is 3.06. The molecule has 168 valence electrons. The summed E-state index contributed by atoms with van der Waals surface area (Å²) < 4.78 is 30.7. The van der Waals surface area contributed by atoms with Gasteiger partial charge >= 0.3 is 0 Å². The number of nitrogens with zero attached hydrogens (tertiary/aromatic N) is 2. The van der Waals surface area contributed by atoms with Crippen molar-refractivity contribution in [3.63, 3.8) is 0 Å². The maximum absolute atomic E-state index is 12.7. The number of hydrogen-bond donors (Lipinski definition) is 1.